The van der Waals surface area contributed by atoms with E-state index in [1.165, 1.54) is 11.8 Å². The Bertz CT molecular complexity index is 1020. The Morgan fingerprint density at radius 2 is 1.53 bits per heavy atom. The predicted molar refractivity (Wildman–Crippen MR) is 155 cm³/mol. The van der Waals surface area contributed by atoms with E-state index >= 15 is 0 Å². The number of amides is 4. The summed E-state index contributed by atoms with van der Waals surface area (Å²) in [7, 11) is 0. The van der Waals surface area contributed by atoms with Crippen molar-refractivity contribution in [2.75, 3.05) is 19.6 Å². The van der Waals surface area contributed by atoms with Gasteiger partial charge in [-0.15, -0.1) is 0 Å². The summed E-state index contributed by atoms with van der Waals surface area (Å²) in [5.41, 5.74) is 0.870. The largest absolute Gasteiger partial charge is 0.444 e. The van der Waals surface area contributed by atoms with Crippen molar-refractivity contribution >= 4 is 58.2 Å². The van der Waals surface area contributed by atoms with Crippen LogP contribution in [0, 0.1) is 0 Å². The van der Waals surface area contributed by atoms with E-state index in [2.05, 4.69) is 21.3 Å². The second-order valence-corrected chi connectivity index (χ2v) is 11.6. The first kappa shape index (κ1) is 31.3. The zero-order chi connectivity index (χ0) is 28.0. The molecule has 1 aliphatic rings. The van der Waals surface area contributed by atoms with Gasteiger partial charge in [0.1, 0.15) is 9.92 Å². The number of hydrogen-bond donors (Lipinski definition) is 4. The summed E-state index contributed by atoms with van der Waals surface area (Å²) in [6.07, 6.45) is 6.79. The van der Waals surface area contributed by atoms with Crippen LogP contribution in [0.15, 0.2) is 29.2 Å². The van der Waals surface area contributed by atoms with Crippen molar-refractivity contribution in [1.82, 2.24) is 21.3 Å². The van der Waals surface area contributed by atoms with Crippen LogP contribution in [0.1, 0.15) is 81.6 Å². The van der Waals surface area contributed by atoms with Gasteiger partial charge in [-0.05, 0) is 76.6 Å². The lowest BCUT2D eigenvalue weighted by atomic mass is 10.1. The standard InChI is InChI=1S/C27H38N4O5S2/c1-27(2,3)36-25(35)30-17-7-4-6-10-22(32)28-15-8-5-9-16-29-23(33)20-13-11-19(12-14-20)18-21-24(34)31-26(37)38-21/h11-14,18H,4-10,15-17H2,1-3H3,(H,28,32)(H,29,33)(H,30,35)(H,31,34,37)/b21-18-. The molecule has 0 saturated carbocycles. The van der Waals surface area contributed by atoms with Crippen molar-refractivity contribution < 1.29 is 23.9 Å². The number of unbranched alkanes of at least 4 members (excludes halogenated alkanes) is 4. The van der Waals surface area contributed by atoms with Gasteiger partial charge < -0.3 is 26.0 Å². The Balaban J connectivity index is 1.47. The molecule has 1 aromatic rings. The third kappa shape index (κ3) is 13.0. The lowest BCUT2D eigenvalue weighted by molar-refractivity contribution is -0.121. The van der Waals surface area contributed by atoms with E-state index in [1.807, 2.05) is 20.8 Å². The van der Waals surface area contributed by atoms with Crippen LogP contribution in [0.3, 0.4) is 0 Å². The van der Waals surface area contributed by atoms with Gasteiger partial charge in [-0.2, -0.15) is 0 Å². The number of hydrogen-bond acceptors (Lipinski definition) is 7. The van der Waals surface area contributed by atoms with Crippen LogP contribution >= 0.6 is 24.0 Å². The second-order valence-electron chi connectivity index (χ2n) is 9.88. The fourth-order valence-electron chi connectivity index (χ4n) is 3.44. The van der Waals surface area contributed by atoms with Crippen molar-refractivity contribution in [3.8, 4) is 0 Å². The Labute approximate surface area is 234 Å². The maximum absolute atomic E-state index is 12.3. The number of benzene rings is 1. The molecular formula is C27H38N4O5S2. The minimum atomic E-state index is -0.505. The zero-order valence-electron chi connectivity index (χ0n) is 22.3. The highest BCUT2D eigenvalue weighted by molar-refractivity contribution is 8.26. The summed E-state index contributed by atoms with van der Waals surface area (Å²) in [6.45, 7) is 7.17. The molecule has 0 aromatic heterocycles. The summed E-state index contributed by atoms with van der Waals surface area (Å²) < 4.78 is 5.61. The molecular weight excluding hydrogens is 524 g/mol. The molecule has 0 bridgehead atoms. The molecule has 0 spiro atoms. The fraction of sp³-hybridized carbons (Fsp3) is 0.519. The van der Waals surface area contributed by atoms with E-state index in [1.54, 1.807) is 30.3 Å². The van der Waals surface area contributed by atoms with Crippen molar-refractivity contribution in [2.45, 2.75) is 71.3 Å². The number of nitrogens with one attached hydrogen (secondary N) is 4. The third-order valence-corrected chi connectivity index (χ3v) is 6.49. The Kier molecular flexibility index (Phi) is 13.3. The molecule has 4 N–H and O–H groups in total. The molecule has 11 heteroatoms. The van der Waals surface area contributed by atoms with Crippen LogP contribution in [0.25, 0.3) is 6.08 Å². The smallest absolute Gasteiger partial charge is 0.407 e. The maximum atomic E-state index is 12.3. The van der Waals surface area contributed by atoms with Crippen LogP contribution in [0.4, 0.5) is 4.79 Å². The van der Waals surface area contributed by atoms with Crippen LogP contribution in [-0.4, -0.2) is 53.4 Å². The second kappa shape index (κ2) is 16.1. The molecule has 9 nitrogen and oxygen atoms in total. The quantitative estimate of drug-likeness (QED) is 0.152. The molecule has 1 saturated heterocycles. The minimum Gasteiger partial charge on any atom is -0.444 e. The zero-order valence-corrected chi connectivity index (χ0v) is 23.9. The van der Waals surface area contributed by atoms with E-state index in [4.69, 9.17) is 17.0 Å². The minimum absolute atomic E-state index is 0.0346. The summed E-state index contributed by atoms with van der Waals surface area (Å²) in [5.74, 6) is -0.316. The van der Waals surface area contributed by atoms with Gasteiger partial charge >= 0.3 is 6.09 Å². The normalized spacial score (nSPS) is 14.2. The van der Waals surface area contributed by atoms with E-state index < -0.39 is 11.7 Å². The average molecular weight is 563 g/mol. The van der Waals surface area contributed by atoms with Crippen LogP contribution in [0.2, 0.25) is 0 Å². The molecule has 208 valence electrons. The highest BCUT2D eigenvalue weighted by Crippen LogP contribution is 2.25. The van der Waals surface area contributed by atoms with Crippen molar-refractivity contribution in [1.29, 1.82) is 0 Å². The van der Waals surface area contributed by atoms with E-state index in [-0.39, 0.29) is 17.7 Å². The molecule has 1 fully saturated rings. The molecule has 1 aliphatic heterocycles. The molecule has 0 atom stereocenters. The first-order valence-corrected chi connectivity index (χ1v) is 14.1. The van der Waals surface area contributed by atoms with E-state index in [0.717, 1.165) is 44.1 Å². The third-order valence-electron chi connectivity index (χ3n) is 5.32. The highest BCUT2D eigenvalue weighted by atomic mass is 32.2. The number of thiocarbonyl (C=S) groups is 1. The average Bonchev–Trinajstić information content (AvgIpc) is 3.16. The number of carbonyl (C=O) groups excluding carboxylic acids is 4. The van der Waals surface area contributed by atoms with Gasteiger partial charge in [-0.25, -0.2) is 4.79 Å². The molecule has 2 rings (SSSR count). The number of ether oxygens (including phenoxy) is 1. The Morgan fingerprint density at radius 3 is 2.13 bits per heavy atom. The lowest BCUT2D eigenvalue weighted by Crippen LogP contribution is -2.33. The van der Waals surface area contributed by atoms with Crippen molar-refractivity contribution in [2.24, 2.45) is 0 Å². The SMILES string of the molecule is CC(C)(C)OC(=O)NCCCCCC(=O)NCCCCCNC(=O)c1ccc(/C=C2\SC(=S)NC2=O)cc1. The predicted octanol–water partition coefficient (Wildman–Crippen LogP) is 4.28. The number of alkyl carbamates (subject to hydrolysis) is 1. The topological polar surface area (TPSA) is 126 Å². The summed E-state index contributed by atoms with van der Waals surface area (Å²) >= 11 is 6.20. The number of thioether (sulfide) groups is 1. The first-order chi connectivity index (χ1) is 18.0. The first-order valence-electron chi connectivity index (χ1n) is 12.9. The molecule has 0 aliphatic carbocycles. The summed E-state index contributed by atoms with van der Waals surface area (Å²) in [6, 6.07) is 7.04. The summed E-state index contributed by atoms with van der Waals surface area (Å²) in [4.78, 5) is 48.1. The fourth-order valence-corrected chi connectivity index (χ4v) is 4.49. The molecule has 38 heavy (non-hydrogen) atoms. The lowest BCUT2D eigenvalue weighted by Gasteiger charge is -2.19. The Hall–Kier alpha value is -2.92. The molecule has 1 aromatic carbocycles. The van der Waals surface area contributed by atoms with Gasteiger partial charge in [0.2, 0.25) is 5.91 Å². The van der Waals surface area contributed by atoms with E-state index in [9.17, 15) is 19.2 Å². The van der Waals surface area contributed by atoms with Gasteiger partial charge in [0.05, 0.1) is 4.91 Å². The van der Waals surface area contributed by atoms with E-state index in [0.29, 0.717) is 40.8 Å². The van der Waals surface area contributed by atoms with Gasteiger partial charge in [0.25, 0.3) is 11.8 Å². The van der Waals surface area contributed by atoms with Crippen LogP contribution in [0.5, 0.6) is 0 Å². The van der Waals surface area contributed by atoms with Gasteiger partial charge in [0.15, 0.2) is 0 Å². The maximum Gasteiger partial charge on any atom is 0.407 e. The molecule has 0 unspecified atom stereocenters. The van der Waals surface area contributed by atoms with Gasteiger partial charge in [-0.1, -0.05) is 42.5 Å². The number of rotatable bonds is 14. The van der Waals surface area contributed by atoms with Gasteiger partial charge in [0, 0.05) is 31.6 Å². The summed E-state index contributed by atoms with van der Waals surface area (Å²) in [5, 5.41) is 11.1. The molecule has 4 amide bonds. The van der Waals surface area contributed by atoms with Crippen LogP contribution in [-0.2, 0) is 14.3 Å². The number of carbonyl (C=O) groups is 4. The van der Waals surface area contributed by atoms with Crippen LogP contribution < -0.4 is 21.3 Å². The monoisotopic (exact) mass is 562 g/mol. The molecule has 0 radical (unpaired) electrons. The van der Waals surface area contributed by atoms with Gasteiger partial charge in [-0.3, -0.25) is 14.4 Å². The highest BCUT2D eigenvalue weighted by Gasteiger charge is 2.22. The van der Waals surface area contributed by atoms with Crippen molar-refractivity contribution in [3.05, 3.63) is 40.3 Å². The Morgan fingerprint density at radius 1 is 0.921 bits per heavy atom. The van der Waals surface area contributed by atoms with Crippen molar-refractivity contribution in [3.63, 3.8) is 0 Å². The molecule has 1 heterocycles.